The van der Waals surface area contributed by atoms with Crippen LogP contribution in [0.25, 0.3) is 0 Å². The fourth-order valence-corrected chi connectivity index (χ4v) is 2.52. The van der Waals surface area contributed by atoms with E-state index in [1.165, 1.54) is 0 Å². The molecule has 2 rings (SSSR count). The monoisotopic (exact) mass is 303 g/mol. The van der Waals surface area contributed by atoms with E-state index in [-0.39, 0.29) is 0 Å². The first-order chi connectivity index (χ1) is 10.8. The zero-order valence-electron chi connectivity index (χ0n) is 13.3. The van der Waals surface area contributed by atoms with E-state index in [9.17, 15) is 0 Å². The average molecular weight is 303 g/mol. The Morgan fingerprint density at radius 3 is 2.41 bits per heavy atom. The fourth-order valence-electron chi connectivity index (χ4n) is 2.52. The first kappa shape index (κ1) is 16.8. The number of benzene rings is 1. The van der Waals surface area contributed by atoms with Crippen molar-refractivity contribution in [2.75, 3.05) is 59.1 Å². The number of ether oxygens (including phenoxy) is 2. The molecule has 1 aliphatic heterocycles. The molecule has 0 atom stereocenters. The van der Waals surface area contributed by atoms with E-state index < -0.39 is 0 Å². The summed E-state index contributed by atoms with van der Waals surface area (Å²) < 4.78 is 11.1. The van der Waals surface area contributed by atoms with Crippen molar-refractivity contribution in [3.63, 3.8) is 0 Å². The number of hydrogen-bond acceptors (Lipinski definition) is 5. The van der Waals surface area contributed by atoms with E-state index in [1.54, 1.807) is 12.1 Å². The van der Waals surface area contributed by atoms with E-state index in [0.717, 1.165) is 58.2 Å². The minimum absolute atomic E-state index is 0.639. The Morgan fingerprint density at radius 1 is 1.09 bits per heavy atom. The Hall–Kier alpha value is -1.61. The van der Waals surface area contributed by atoms with Gasteiger partial charge in [-0.25, -0.2) is 0 Å². The lowest BCUT2D eigenvalue weighted by Gasteiger charge is -2.34. The van der Waals surface area contributed by atoms with Crippen LogP contribution in [0.2, 0.25) is 0 Å². The first-order valence-electron chi connectivity index (χ1n) is 7.97. The topological polar surface area (TPSA) is 48.7 Å². The molecule has 0 N–H and O–H groups in total. The predicted molar refractivity (Wildman–Crippen MR) is 86.0 cm³/mol. The van der Waals surface area contributed by atoms with Gasteiger partial charge in [0.25, 0.3) is 0 Å². The van der Waals surface area contributed by atoms with Gasteiger partial charge in [0.05, 0.1) is 18.2 Å². The Labute approximate surface area is 133 Å². The Morgan fingerprint density at radius 2 is 1.77 bits per heavy atom. The second-order valence-electron chi connectivity index (χ2n) is 5.37. The van der Waals surface area contributed by atoms with Gasteiger partial charge in [-0.2, -0.15) is 5.26 Å². The Bertz CT molecular complexity index is 479. The molecule has 0 saturated carbocycles. The molecule has 22 heavy (non-hydrogen) atoms. The van der Waals surface area contributed by atoms with Crippen molar-refractivity contribution < 1.29 is 9.47 Å². The molecule has 0 aromatic heterocycles. The predicted octanol–water partition coefficient (Wildman–Crippen LogP) is 1.59. The molecule has 0 amide bonds. The van der Waals surface area contributed by atoms with Crippen molar-refractivity contribution in [2.24, 2.45) is 0 Å². The summed E-state index contributed by atoms with van der Waals surface area (Å²) in [6.07, 6.45) is 0. The third kappa shape index (κ3) is 5.64. The van der Waals surface area contributed by atoms with Gasteiger partial charge in [0.2, 0.25) is 0 Å². The highest BCUT2D eigenvalue weighted by Crippen LogP contribution is 2.12. The molecule has 1 aliphatic rings. The maximum Gasteiger partial charge on any atom is 0.120 e. The van der Waals surface area contributed by atoms with Crippen LogP contribution in [0.1, 0.15) is 12.5 Å². The van der Waals surface area contributed by atoms with Gasteiger partial charge in [0, 0.05) is 45.9 Å². The SMILES string of the molecule is CCOCCN1CCN(CCOc2cccc(C#N)c2)CC1. The van der Waals surface area contributed by atoms with E-state index >= 15 is 0 Å². The van der Waals surface area contributed by atoms with Crippen LogP contribution < -0.4 is 4.74 Å². The molecular formula is C17H25N3O2. The molecule has 120 valence electrons. The molecule has 5 nitrogen and oxygen atoms in total. The number of nitriles is 1. The summed E-state index contributed by atoms with van der Waals surface area (Å²) in [5.41, 5.74) is 0.639. The third-order valence-electron chi connectivity index (χ3n) is 3.86. The molecular weight excluding hydrogens is 278 g/mol. The molecule has 0 aliphatic carbocycles. The maximum absolute atomic E-state index is 8.87. The minimum atomic E-state index is 0.639. The van der Waals surface area contributed by atoms with Gasteiger partial charge in [0.15, 0.2) is 0 Å². The quantitative estimate of drug-likeness (QED) is 0.683. The number of piperazine rings is 1. The van der Waals surface area contributed by atoms with Crippen LogP contribution in [0, 0.1) is 11.3 Å². The second kappa shape index (κ2) is 9.42. The lowest BCUT2D eigenvalue weighted by atomic mass is 10.2. The number of rotatable bonds is 8. The highest BCUT2D eigenvalue weighted by atomic mass is 16.5. The highest BCUT2D eigenvalue weighted by molar-refractivity contribution is 5.36. The second-order valence-corrected chi connectivity index (χ2v) is 5.37. The van der Waals surface area contributed by atoms with Crippen molar-refractivity contribution in [2.45, 2.75) is 6.92 Å². The smallest absolute Gasteiger partial charge is 0.120 e. The van der Waals surface area contributed by atoms with Gasteiger partial charge in [-0.15, -0.1) is 0 Å². The van der Waals surface area contributed by atoms with Crippen molar-refractivity contribution in [3.8, 4) is 11.8 Å². The summed E-state index contributed by atoms with van der Waals surface area (Å²) in [4.78, 5) is 4.87. The van der Waals surface area contributed by atoms with Crippen LogP contribution in [0.15, 0.2) is 24.3 Å². The highest BCUT2D eigenvalue weighted by Gasteiger charge is 2.16. The van der Waals surface area contributed by atoms with Gasteiger partial charge < -0.3 is 9.47 Å². The van der Waals surface area contributed by atoms with Gasteiger partial charge in [0.1, 0.15) is 12.4 Å². The molecule has 0 radical (unpaired) electrons. The lowest BCUT2D eigenvalue weighted by Crippen LogP contribution is -2.48. The molecule has 0 bridgehead atoms. The molecule has 5 heteroatoms. The summed E-state index contributed by atoms with van der Waals surface area (Å²) in [5, 5.41) is 8.87. The summed E-state index contributed by atoms with van der Waals surface area (Å²) in [6.45, 7) is 10.6. The Kier molecular flexibility index (Phi) is 7.17. The molecule has 1 fully saturated rings. The van der Waals surface area contributed by atoms with Crippen molar-refractivity contribution in [1.82, 2.24) is 9.80 Å². The van der Waals surface area contributed by atoms with Gasteiger partial charge in [-0.3, -0.25) is 9.80 Å². The summed E-state index contributed by atoms with van der Waals surface area (Å²) in [6, 6.07) is 9.44. The van der Waals surface area contributed by atoms with Crippen LogP contribution in [0.4, 0.5) is 0 Å². The van der Waals surface area contributed by atoms with Crippen LogP contribution >= 0.6 is 0 Å². The molecule has 1 saturated heterocycles. The van der Waals surface area contributed by atoms with Crippen LogP contribution in [0.3, 0.4) is 0 Å². The largest absolute Gasteiger partial charge is 0.492 e. The van der Waals surface area contributed by atoms with Crippen LogP contribution in [-0.2, 0) is 4.74 Å². The summed E-state index contributed by atoms with van der Waals surface area (Å²) >= 11 is 0. The van der Waals surface area contributed by atoms with Gasteiger partial charge in [-0.1, -0.05) is 6.07 Å². The Balaban J connectivity index is 1.61. The molecule has 1 aromatic rings. The molecule has 1 heterocycles. The van der Waals surface area contributed by atoms with Crippen molar-refractivity contribution in [3.05, 3.63) is 29.8 Å². The zero-order valence-corrected chi connectivity index (χ0v) is 13.3. The minimum Gasteiger partial charge on any atom is -0.492 e. The molecule has 0 unspecified atom stereocenters. The van der Waals surface area contributed by atoms with E-state index in [4.69, 9.17) is 14.7 Å². The zero-order chi connectivity index (χ0) is 15.6. The molecule has 0 spiro atoms. The normalized spacial score (nSPS) is 16.4. The average Bonchev–Trinajstić information content (AvgIpc) is 2.57. The number of nitrogens with zero attached hydrogens (tertiary/aromatic N) is 3. The fraction of sp³-hybridized carbons (Fsp3) is 0.588. The molecule has 1 aromatic carbocycles. The standard InChI is InChI=1S/C17H25N3O2/c1-2-21-12-10-19-6-8-20(9-7-19)11-13-22-17-5-3-4-16(14-17)15-18/h3-5,14H,2,6-13H2,1H3. The van der Waals surface area contributed by atoms with E-state index in [1.807, 2.05) is 19.1 Å². The third-order valence-corrected chi connectivity index (χ3v) is 3.86. The first-order valence-corrected chi connectivity index (χ1v) is 7.97. The summed E-state index contributed by atoms with van der Waals surface area (Å²) in [7, 11) is 0. The van der Waals surface area contributed by atoms with E-state index in [2.05, 4.69) is 15.9 Å². The van der Waals surface area contributed by atoms with Crippen LogP contribution in [-0.4, -0.2) is 68.9 Å². The van der Waals surface area contributed by atoms with Crippen molar-refractivity contribution in [1.29, 1.82) is 5.26 Å². The summed E-state index contributed by atoms with van der Waals surface area (Å²) in [5.74, 6) is 0.773. The van der Waals surface area contributed by atoms with Crippen molar-refractivity contribution >= 4 is 0 Å². The lowest BCUT2D eigenvalue weighted by molar-refractivity contribution is 0.0759. The maximum atomic E-state index is 8.87. The van der Waals surface area contributed by atoms with Gasteiger partial charge >= 0.3 is 0 Å². The van der Waals surface area contributed by atoms with Gasteiger partial charge in [-0.05, 0) is 25.1 Å². The van der Waals surface area contributed by atoms with Crippen LogP contribution in [0.5, 0.6) is 5.75 Å². The van der Waals surface area contributed by atoms with E-state index in [0.29, 0.717) is 12.2 Å². The number of hydrogen-bond donors (Lipinski definition) is 0.